The third-order valence-corrected chi connectivity index (χ3v) is 6.42. The number of hydrogen-bond donors (Lipinski definition) is 2. The largest absolute Gasteiger partial charge is 0.507 e. The van der Waals surface area contributed by atoms with Crippen LogP contribution in [-0.2, 0) is 10.3 Å². The number of esters is 1. The van der Waals surface area contributed by atoms with Gasteiger partial charge in [-0.2, -0.15) is 0 Å². The summed E-state index contributed by atoms with van der Waals surface area (Å²) in [5, 5.41) is 20.3. The molecule has 2 aliphatic rings. The summed E-state index contributed by atoms with van der Waals surface area (Å²) in [6.07, 6.45) is 0. The van der Waals surface area contributed by atoms with Crippen LogP contribution in [0.25, 0.3) is 0 Å². The molecule has 0 saturated heterocycles. The van der Waals surface area contributed by atoms with Crippen molar-refractivity contribution in [3.63, 3.8) is 0 Å². The van der Waals surface area contributed by atoms with Crippen molar-refractivity contribution in [3.05, 3.63) is 79.7 Å². The normalized spacial score (nSPS) is 14.5. The van der Waals surface area contributed by atoms with Crippen LogP contribution >= 0.6 is 31.9 Å². The smallest absolute Gasteiger partial charge is 0.340 e. The topological polar surface area (TPSA) is 76.0 Å². The van der Waals surface area contributed by atoms with Gasteiger partial charge in [-0.05, 0) is 62.2 Å². The van der Waals surface area contributed by atoms with Crippen LogP contribution in [0, 0.1) is 0 Å². The van der Waals surface area contributed by atoms with Crippen molar-refractivity contribution >= 4 is 96.9 Å². The van der Waals surface area contributed by atoms with E-state index in [1.54, 1.807) is 24.3 Å². The Morgan fingerprint density at radius 2 is 1.28 bits per heavy atom. The molecule has 2 heterocycles. The molecule has 0 fully saturated rings. The Labute approximate surface area is 227 Å². The van der Waals surface area contributed by atoms with Gasteiger partial charge in [-0.3, -0.25) is 0 Å². The second kappa shape index (κ2) is 8.20. The zero-order valence-electron chi connectivity index (χ0n) is 15.5. The van der Waals surface area contributed by atoms with Gasteiger partial charge >= 0.3 is 5.97 Å². The number of halogens is 2. The molecule has 136 valence electrons. The second-order valence-electron chi connectivity index (χ2n) is 6.27. The van der Waals surface area contributed by atoms with E-state index in [2.05, 4.69) is 31.9 Å². The van der Waals surface area contributed by atoms with Gasteiger partial charge in [-0.15, -0.1) is 0 Å². The number of fused-ring (bicyclic) bond motifs is 6. The predicted octanol–water partition coefficient (Wildman–Crippen LogP) is 4.43. The molecule has 3 aromatic carbocycles. The third kappa shape index (κ3) is 3.13. The number of rotatable bonds is 0. The van der Waals surface area contributed by atoms with Crippen molar-refractivity contribution in [1.29, 1.82) is 0 Å². The summed E-state index contributed by atoms with van der Waals surface area (Å²) >= 11 is 6.71. The van der Waals surface area contributed by atoms with Gasteiger partial charge in [0.1, 0.15) is 20.4 Å². The van der Waals surface area contributed by atoms with E-state index < -0.39 is 11.6 Å². The Bertz CT molecular complexity index is 1110. The first-order valence-corrected chi connectivity index (χ1v) is 9.58. The number of phenols is 2. The number of benzene rings is 3. The Hall–Kier alpha value is -0.510. The summed E-state index contributed by atoms with van der Waals surface area (Å²) in [5.74, 6) is 0.164. The van der Waals surface area contributed by atoms with Gasteiger partial charge in [0.15, 0.2) is 17.1 Å². The molecule has 0 bridgehead atoms. The molecule has 5 rings (SSSR count). The fourth-order valence-electron chi connectivity index (χ4n) is 3.71. The maximum atomic E-state index is 12.7. The number of aromatic hydroxyl groups is 2. The molecular weight excluding hydrogens is 526 g/mol. The first-order chi connectivity index (χ1) is 12.9. The van der Waals surface area contributed by atoms with E-state index in [0.29, 0.717) is 42.7 Å². The number of hydrogen-bond acceptors (Lipinski definition) is 5. The molecule has 1 spiro atoms. The molecule has 2 radical (unpaired) electrons. The van der Waals surface area contributed by atoms with Gasteiger partial charge in [-0.1, -0.05) is 18.2 Å². The Kier molecular flexibility index (Phi) is 6.55. The van der Waals surface area contributed by atoms with Crippen molar-refractivity contribution in [1.82, 2.24) is 0 Å². The average molecular weight is 536 g/mol. The monoisotopic (exact) mass is 534 g/mol. The maximum absolute atomic E-state index is 12.7. The average Bonchev–Trinajstić information content (AvgIpc) is 2.96. The minimum Gasteiger partial charge on any atom is -0.507 e. The number of carbonyl (C=O) groups excluding carboxylic acids is 1. The first kappa shape index (κ1) is 23.2. The van der Waals surface area contributed by atoms with Crippen LogP contribution in [0.2, 0.25) is 0 Å². The van der Waals surface area contributed by atoms with E-state index in [9.17, 15) is 15.0 Å². The summed E-state index contributed by atoms with van der Waals surface area (Å²) in [6, 6.07) is 13.5. The van der Waals surface area contributed by atoms with Crippen molar-refractivity contribution in [3.8, 4) is 23.0 Å². The molecule has 0 unspecified atom stereocenters. The second-order valence-corrected chi connectivity index (χ2v) is 7.86. The van der Waals surface area contributed by atoms with E-state index in [1.807, 2.05) is 12.1 Å². The van der Waals surface area contributed by atoms with Crippen LogP contribution in [0.15, 0.2) is 57.5 Å². The fraction of sp³-hybridized carbons (Fsp3) is 0.0500. The SMILES string of the molecule is O=C1OC2(c3ccccc31)c1ccc(O)c(Br)c1Oc1c2ccc(O)c1Br.[Na].[Na]. The summed E-state index contributed by atoms with van der Waals surface area (Å²) in [7, 11) is 0. The quantitative estimate of drug-likeness (QED) is 0.329. The number of carbonyl (C=O) groups is 1. The molecule has 29 heavy (non-hydrogen) atoms. The molecule has 0 saturated carbocycles. The van der Waals surface area contributed by atoms with Crippen molar-refractivity contribution < 1.29 is 24.5 Å². The van der Waals surface area contributed by atoms with Crippen molar-refractivity contribution in [2.24, 2.45) is 0 Å². The maximum Gasteiger partial charge on any atom is 0.340 e. The van der Waals surface area contributed by atoms with Crippen molar-refractivity contribution in [2.45, 2.75) is 5.60 Å². The van der Waals surface area contributed by atoms with Crippen LogP contribution in [0.5, 0.6) is 23.0 Å². The van der Waals surface area contributed by atoms with Crippen molar-refractivity contribution in [2.75, 3.05) is 0 Å². The van der Waals surface area contributed by atoms with E-state index in [4.69, 9.17) is 9.47 Å². The summed E-state index contributed by atoms with van der Waals surface area (Å²) in [4.78, 5) is 12.7. The molecule has 3 aromatic rings. The molecule has 2 aliphatic heterocycles. The molecule has 5 nitrogen and oxygen atoms in total. The van der Waals surface area contributed by atoms with Crippen LogP contribution in [0.3, 0.4) is 0 Å². The standard InChI is InChI=1S/C20H10Br2O5.2Na/c21-15-13(23)7-5-11-17(15)26-18-12(6-8-14(24)16(18)22)20(11)10-4-2-1-3-9(10)19(25)27-20;;/h1-8,23-24H;;. The Morgan fingerprint density at radius 1 is 0.759 bits per heavy atom. The summed E-state index contributed by atoms with van der Waals surface area (Å²) in [5.41, 5.74) is 1.05. The van der Waals surface area contributed by atoms with Crippen LogP contribution < -0.4 is 4.74 Å². The van der Waals surface area contributed by atoms with Gasteiger partial charge in [0.05, 0.1) is 5.56 Å². The summed E-state index contributed by atoms with van der Waals surface area (Å²) in [6.45, 7) is 0. The molecule has 0 amide bonds. The molecule has 0 aromatic heterocycles. The predicted molar refractivity (Wildman–Crippen MR) is 115 cm³/mol. The third-order valence-electron chi connectivity index (χ3n) is 4.89. The molecule has 9 heteroatoms. The van der Waals surface area contributed by atoms with Gasteiger partial charge < -0.3 is 19.7 Å². The number of phenolic OH excluding ortho intramolecular Hbond substituents is 2. The molecular formula is C20H10Br2Na2O5. The van der Waals surface area contributed by atoms with Gasteiger partial charge in [0.2, 0.25) is 0 Å². The Morgan fingerprint density at radius 3 is 1.83 bits per heavy atom. The van der Waals surface area contributed by atoms with E-state index in [1.165, 1.54) is 12.1 Å². The van der Waals surface area contributed by atoms with Gasteiger partial charge in [0.25, 0.3) is 0 Å². The van der Waals surface area contributed by atoms with Crippen LogP contribution in [0.4, 0.5) is 0 Å². The zero-order chi connectivity index (χ0) is 18.9. The Balaban J connectivity index is 0.00000120. The van der Waals surface area contributed by atoms with Crippen LogP contribution in [-0.4, -0.2) is 75.3 Å². The summed E-state index contributed by atoms with van der Waals surface area (Å²) < 4.78 is 12.7. The van der Waals surface area contributed by atoms with Crippen LogP contribution in [0.1, 0.15) is 27.0 Å². The van der Waals surface area contributed by atoms with Gasteiger partial charge in [0, 0.05) is 75.8 Å². The zero-order valence-corrected chi connectivity index (χ0v) is 22.7. The van der Waals surface area contributed by atoms with E-state index >= 15 is 0 Å². The molecule has 0 atom stereocenters. The van der Waals surface area contributed by atoms with Gasteiger partial charge in [-0.25, -0.2) is 4.79 Å². The van der Waals surface area contributed by atoms with E-state index in [0.717, 1.165) is 0 Å². The number of ether oxygens (including phenoxy) is 2. The first-order valence-electron chi connectivity index (χ1n) is 7.99. The van der Waals surface area contributed by atoms with E-state index in [-0.39, 0.29) is 70.6 Å². The minimum atomic E-state index is -1.25. The minimum absolute atomic E-state index is 0. The molecule has 2 N–H and O–H groups in total. The fourth-order valence-corrected chi connectivity index (χ4v) is 4.56. The molecule has 0 aliphatic carbocycles.